The Balaban J connectivity index is 1.10. The summed E-state index contributed by atoms with van der Waals surface area (Å²) in [6.45, 7) is 7.42. The van der Waals surface area contributed by atoms with Gasteiger partial charge in [-0.2, -0.15) is 0 Å². The molecule has 2 saturated carbocycles. The van der Waals surface area contributed by atoms with E-state index in [2.05, 4.69) is 31.9 Å². The van der Waals surface area contributed by atoms with E-state index in [4.69, 9.17) is 5.73 Å². The maximum Gasteiger partial charge on any atom is 0.246 e. The summed E-state index contributed by atoms with van der Waals surface area (Å²) in [5.41, 5.74) is 8.85. The lowest BCUT2D eigenvalue weighted by atomic mass is 9.83. The number of hydrogen-bond donors (Lipinski definition) is 7. The minimum atomic E-state index is -0.911. The van der Waals surface area contributed by atoms with Crippen LogP contribution in [0.5, 0.6) is 0 Å². The largest absolute Gasteiger partial charge is 0.399 e. The molecule has 0 unspecified atom stereocenters. The van der Waals surface area contributed by atoms with E-state index in [1.807, 2.05) is 74.5 Å². The van der Waals surface area contributed by atoms with Gasteiger partial charge in [-0.1, -0.05) is 99.2 Å². The fourth-order valence-electron chi connectivity index (χ4n) is 12.0. The zero-order chi connectivity index (χ0) is 55.3. The molecule has 3 aromatic carbocycles. The van der Waals surface area contributed by atoms with Gasteiger partial charge in [-0.05, 0) is 133 Å². The number of rotatable bonds is 22. The molecule has 0 bridgehead atoms. The quantitative estimate of drug-likeness (QED) is 0.0458. The highest BCUT2D eigenvalue weighted by molar-refractivity contribution is 6.03. The average molecular weight is 1060 g/mol. The predicted molar refractivity (Wildman–Crippen MR) is 296 cm³/mol. The number of ketones is 2. The second-order valence-corrected chi connectivity index (χ2v) is 22.4. The second-order valence-electron chi connectivity index (χ2n) is 22.4. The number of hydrogen-bond acceptors (Lipinski definition) is 11. The molecule has 17 heteroatoms. The van der Waals surface area contributed by atoms with Crippen molar-refractivity contribution in [1.29, 1.82) is 0 Å². The SMILES string of the molecule is CN[C@@H](C)C(=O)N[C@H](C(=O)N1C[C@@H](CC(=O)c2cc(N)cc(C(=O)C[C@H]3C[C@@H](C(=O)N[C@H](C)c4ccccc4)N(C(=O)[C@@H](NC(=O)[C@H](C)NC)C4CCCCC4)C3)c2)C[C@H]1C(=O)N[C@H](C)c1ccccc1)C1CCCCC1. The Bertz CT molecular complexity index is 2380. The molecule has 0 spiro atoms. The standard InChI is InChI=1S/C60H83N9O8/c1-36(42-19-11-7-12-20-42)64-57(74)49-27-40(34-68(49)59(76)53(44-23-15-9-16-24-44)66-55(72)38(3)62-5)29-51(70)46-31-47(33-48(61)32-46)52(71)30-41-28-50(58(75)65-37(2)43-21-13-8-14-22-43)69(35-41)60(77)54(45-25-17-10-18-26-45)67-56(73)39(4)63-6/h7-8,11-14,19-22,31-33,36-41,44-45,49-50,53-54,62-63H,9-10,15-18,23-30,34-35,61H2,1-6H3,(H,64,74)(H,65,75)(H,66,72)(H,67,73)/t36-,37-,38+,39+,40-,41-,49+,50+,53+,54+/m1/s1. The Kier molecular flexibility index (Phi) is 20.6. The number of Topliss-reactive ketones (excluding diaryl/α,β-unsaturated/α-hetero) is 2. The average Bonchev–Trinajstić information content (AvgIpc) is 4.10. The van der Waals surface area contributed by atoms with Crippen molar-refractivity contribution >= 4 is 52.7 Å². The van der Waals surface area contributed by atoms with Crippen LogP contribution in [0.3, 0.4) is 0 Å². The fourth-order valence-corrected chi connectivity index (χ4v) is 12.0. The van der Waals surface area contributed by atoms with E-state index in [0.717, 1.165) is 75.3 Å². The van der Waals surface area contributed by atoms with Gasteiger partial charge in [-0.3, -0.25) is 38.4 Å². The number of likely N-dealkylation sites (tertiary alicyclic amines) is 2. The number of nitrogens with zero attached hydrogens (tertiary/aromatic N) is 2. The number of likely N-dealkylation sites (N-methyl/N-ethyl adjacent to an activating group) is 2. The molecule has 4 aliphatic rings. The lowest BCUT2D eigenvalue weighted by molar-refractivity contribution is -0.143. The normalized spacial score (nSPS) is 22.4. The molecule has 2 aliphatic carbocycles. The summed E-state index contributed by atoms with van der Waals surface area (Å²) < 4.78 is 0. The van der Waals surface area contributed by atoms with Crippen molar-refractivity contribution in [2.45, 2.75) is 166 Å². The third-order valence-electron chi connectivity index (χ3n) is 16.8. The number of carbonyl (C=O) groups is 8. The van der Waals surface area contributed by atoms with Crippen molar-refractivity contribution in [3.63, 3.8) is 0 Å². The highest BCUT2D eigenvalue weighted by atomic mass is 16.2. The Hall–Kier alpha value is -6.46. The molecule has 6 amide bonds. The van der Waals surface area contributed by atoms with Gasteiger partial charge in [-0.25, -0.2) is 0 Å². The van der Waals surface area contributed by atoms with Crippen molar-refractivity contribution in [3.05, 3.63) is 101 Å². The minimum Gasteiger partial charge on any atom is -0.399 e. The Labute approximate surface area is 454 Å². The molecular weight excluding hydrogens is 975 g/mol. The van der Waals surface area contributed by atoms with Crippen LogP contribution < -0.4 is 37.6 Å². The van der Waals surface area contributed by atoms with Gasteiger partial charge < -0.3 is 47.4 Å². The lowest BCUT2D eigenvalue weighted by Crippen LogP contribution is -2.58. The first-order valence-electron chi connectivity index (χ1n) is 28.2. The number of carbonyl (C=O) groups excluding carboxylic acids is 8. The van der Waals surface area contributed by atoms with Crippen molar-refractivity contribution in [2.75, 3.05) is 32.9 Å². The number of nitrogens with one attached hydrogen (secondary N) is 6. The maximum absolute atomic E-state index is 14.9. The van der Waals surface area contributed by atoms with Crippen LogP contribution in [0.2, 0.25) is 0 Å². The van der Waals surface area contributed by atoms with Gasteiger partial charge in [0.2, 0.25) is 35.4 Å². The summed E-state index contributed by atoms with van der Waals surface area (Å²) >= 11 is 0. The zero-order valence-electron chi connectivity index (χ0n) is 46.0. The van der Waals surface area contributed by atoms with Gasteiger partial charge in [0.25, 0.3) is 0 Å². The van der Waals surface area contributed by atoms with Gasteiger partial charge in [0.1, 0.15) is 24.2 Å². The van der Waals surface area contributed by atoms with Gasteiger partial charge in [0, 0.05) is 42.7 Å². The summed E-state index contributed by atoms with van der Waals surface area (Å²) in [6, 6.07) is 18.3. The van der Waals surface area contributed by atoms with Crippen LogP contribution in [0.15, 0.2) is 78.9 Å². The molecule has 17 nitrogen and oxygen atoms in total. The molecule has 7 rings (SSSR count). The summed E-state index contributed by atoms with van der Waals surface area (Å²) in [5, 5.41) is 18.2. The Morgan fingerprint density at radius 3 is 1.23 bits per heavy atom. The first-order valence-corrected chi connectivity index (χ1v) is 28.2. The first kappa shape index (κ1) is 58.2. The van der Waals surface area contributed by atoms with E-state index in [9.17, 15) is 38.4 Å². The first-order chi connectivity index (χ1) is 37.0. The summed E-state index contributed by atoms with van der Waals surface area (Å²) in [4.78, 5) is 117. The molecular formula is C60H83N9O8. The third kappa shape index (κ3) is 15.0. The van der Waals surface area contributed by atoms with Gasteiger partial charge in [0.05, 0.1) is 24.2 Å². The van der Waals surface area contributed by atoms with Gasteiger partial charge in [-0.15, -0.1) is 0 Å². The number of amides is 6. The predicted octanol–water partition coefficient (Wildman–Crippen LogP) is 5.95. The van der Waals surface area contributed by atoms with E-state index in [0.29, 0.717) is 0 Å². The maximum atomic E-state index is 14.9. The molecule has 0 radical (unpaired) electrons. The highest BCUT2D eigenvalue weighted by Gasteiger charge is 2.47. The van der Waals surface area contributed by atoms with Crippen molar-refractivity contribution in [1.82, 2.24) is 41.7 Å². The van der Waals surface area contributed by atoms with Gasteiger partial charge >= 0.3 is 0 Å². The van der Waals surface area contributed by atoms with Crippen molar-refractivity contribution < 1.29 is 38.4 Å². The van der Waals surface area contributed by atoms with Crippen molar-refractivity contribution in [2.24, 2.45) is 23.7 Å². The molecule has 2 aliphatic heterocycles. The van der Waals surface area contributed by atoms with Gasteiger partial charge in [0.15, 0.2) is 11.6 Å². The van der Waals surface area contributed by atoms with Crippen LogP contribution >= 0.6 is 0 Å². The van der Waals surface area contributed by atoms with E-state index in [-0.39, 0.29) is 127 Å². The molecule has 2 saturated heterocycles. The van der Waals surface area contributed by atoms with E-state index in [1.54, 1.807) is 37.7 Å². The van der Waals surface area contributed by atoms with E-state index < -0.39 is 48.1 Å². The summed E-state index contributed by atoms with van der Waals surface area (Å²) in [5.74, 6) is -3.74. The molecule has 416 valence electrons. The Morgan fingerprint density at radius 2 is 0.883 bits per heavy atom. The van der Waals surface area contributed by atoms with Crippen LogP contribution in [-0.2, 0) is 28.8 Å². The molecule has 10 atom stereocenters. The number of anilines is 1. The summed E-state index contributed by atoms with van der Waals surface area (Å²) in [6.07, 6.45) is 9.15. The zero-order valence-corrected chi connectivity index (χ0v) is 46.0. The number of nitrogen functional groups attached to an aromatic ring is 1. The van der Waals surface area contributed by atoms with Crippen LogP contribution in [0.25, 0.3) is 0 Å². The molecule has 0 aromatic heterocycles. The second kappa shape index (κ2) is 27.2. The topological polar surface area (TPSA) is 241 Å². The molecule has 2 heterocycles. The number of benzene rings is 3. The van der Waals surface area contributed by atoms with Crippen LogP contribution in [0.4, 0.5) is 5.69 Å². The van der Waals surface area contributed by atoms with Crippen molar-refractivity contribution in [3.8, 4) is 0 Å². The highest BCUT2D eigenvalue weighted by Crippen LogP contribution is 2.36. The van der Waals surface area contributed by atoms with Crippen LogP contribution in [0, 0.1) is 23.7 Å². The molecule has 8 N–H and O–H groups in total. The Morgan fingerprint density at radius 1 is 0.519 bits per heavy atom. The van der Waals surface area contributed by atoms with Crippen LogP contribution in [-0.4, -0.2) is 120 Å². The molecule has 3 aromatic rings. The van der Waals surface area contributed by atoms with E-state index in [1.165, 1.54) is 18.2 Å². The molecule has 77 heavy (non-hydrogen) atoms. The smallest absolute Gasteiger partial charge is 0.246 e. The number of nitrogens with two attached hydrogens (primary N) is 1. The molecule has 4 fully saturated rings. The lowest BCUT2D eigenvalue weighted by Gasteiger charge is -2.35. The monoisotopic (exact) mass is 1060 g/mol. The third-order valence-corrected chi connectivity index (χ3v) is 16.8. The van der Waals surface area contributed by atoms with Crippen LogP contribution in [0.1, 0.15) is 162 Å². The summed E-state index contributed by atoms with van der Waals surface area (Å²) in [7, 11) is 3.36. The fraction of sp³-hybridized carbons (Fsp3) is 0.567. The minimum absolute atomic E-state index is 0.0419. The van der Waals surface area contributed by atoms with E-state index >= 15 is 0 Å².